The Morgan fingerprint density at radius 1 is 1.30 bits per heavy atom. The van der Waals surface area contributed by atoms with Crippen LogP contribution in [0.1, 0.15) is 62.6 Å². The van der Waals surface area contributed by atoms with Gasteiger partial charge in [-0.1, -0.05) is 24.1 Å². The van der Waals surface area contributed by atoms with Crippen molar-refractivity contribution in [3.63, 3.8) is 0 Å². The average Bonchev–Trinajstić information content (AvgIpc) is 3.44. The van der Waals surface area contributed by atoms with Crippen molar-refractivity contribution < 1.29 is 8.78 Å². The molecule has 5 rings (SSSR count). The average molecular weight is 668 g/mol. The maximum atomic E-state index is 15.9. The molecule has 3 heterocycles. The Hall–Kier alpha value is -3.51. The normalized spacial score (nSPS) is 17.3. The van der Waals surface area contributed by atoms with E-state index in [1.165, 1.54) is 22.4 Å². The minimum absolute atomic E-state index is 0.00350. The first kappa shape index (κ1) is 33.8. The van der Waals surface area contributed by atoms with Crippen LogP contribution in [0.5, 0.6) is 0 Å². The standard InChI is InChI=1S/C34H40ClF2N7OS/c1-4-22(39)8-5-7-20-13-25(32(37)26(35)14-20)29-15-21-18-44(34(45)43-33(21)42-29)24-16-27(36)31(30(17-24)46-3)28-10-6-9-23(41-28)11-12-40-19(2)38/h4,13-18,22-23,28,41H,1,5-12,39H2,2-3H3,(H2,38,40)(H,42,43,45)/t22-,23-,28-/m0/s1. The Kier molecular flexibility index (Phi) is 11.0. The molecule has 244 valence electrons. The van der Waals surface area contributed by atoms with Crippen molar-refractivity contribution in [1.29, 1.82) is 5.41 Å². The molecule has 1 saturated heterocycles. The first-order valence-corrected chi connectivity index (χ1v) is 17.1. The van der Waals surface area contributed by atoms with Gasteiger partial charge < -0.3 is 21.4 Å². The van der Waals surface area contributed by atoms with Gasteiger partial charge in [-0.3, -0.25) is 9.98 Å². The zero-order valence-electron chi connectivity index (χ0n) is 26.1. The maximum Gasteiger partial charge on any atom is 0.354 e. The van der Waals surface area contributed by atoms with E-state index < -0.39 is 17.3 Å². The number of piperidine rings is 1. The van der Waals surface area contributed by atoms with E-state index in [-0.39, 0.29) is 28.7 Å². The SMILES string of the molecule is C=C[C@H](N)CCCc1cc(Cl)c(F)c(-c2cc3cn(-c4cc(F)c([C@@H]5CCC[C@@H](CCNC(C)=N)N5)c(SC)c4)c(=O)nc3[nH]2)c1. The summed E-state index contributed by atoms with van der Waals surface area (Å²) in [6.07, 6.45) is 11.0. The van der Waals surface area contributed by atoms with Crippen molar-refractivity contribution in [2.75, 3.05) is 12.8 Å². The van der Waals surface area contributed by atoms with Gasteiger partial charge in [0, 0.05) is 52.3 Å². The predicted octanol–water partition coefficient (Wildman–Crippen LogP) is 7.03. The van der Waals surface area contributed by atoms with Crippen LogP contribution in [-0.2, 0) is 6.42 Å². The van der Waals surface area contributed by atoms with Crippen molar-refractivity contribution in [2.45, 2.75) is 74.9 Å². The van der Waals surface area contributed by atoms with E-state index in [1.54, 1.807) is 37.4 Å². The van der Waals surface area contributed by atoms with Crippen molar-refractivity contribution in [2.24, 2.45) is 5.73 Å². The lowest BCUT2D eigenvalue weighted by atomic mass is 9.91. The number of hydrogen-bond acceptors (Lipinski definition) is 6. The molecule has 2 aromatic carbocycles. The lowest BCUT2D eigenvalue weighted by Crippen LogP contribution is -2.39. The summed E-state index contributed by atoms with van der Waals surface area (Å²) in [6, 6.07) is 8.22. The molecule has 0 aliphatic carbocycles. The third-order valence-electron chi connectivity index (χ3n) is 8.48. The number of thioether (sulfide) groups is 1. The Labute approximate surface area is 276 Å². The number of fused-ring (bicyclic) bond motifs is 1. The van der Waals surface area contributed by atoms with Crippen LogP contribution < -0.4 is 22.1 Å². The fourth-order valence-corrected chi connectivity index (χ4v) is 7.04. The number of halogens is 3. The minimum atomic E-state index is -0.587. The Bertz CT molecular complexity index is 1810. The van der Waals surface area contributed by atoms with Crippen molar-refractivity contribution in [3.05, 3.63) is 87.5 Å². The smallest absolute Gasteiger partial charge is 0.354 e. The van der Waals surface area contributed by atoms with Gasteiger partial charge in [-0.2, -0.15) is 4.98 Å². The van der Waals surface area contributed by atoms with E-state index in [0.717, 1.165) is 49.0 Å². The van der Waals surface area contributed by atoms with E-state index in [4.69, 9.17) is 22.7 Å². The molecule has 0 saturated carbocycles. The van der Waals surface area contributed by atoms with Gasteiger partial charge >= 0.3 is 5.69 Å². The van der Waals surface area contributed by atoms with Crippen LogP contribution in [0.2, 0.25) is 5.02 Å². The Balaban J connectivity index is 1.43. The van der Waals surface area contributed by atoms with Gasteiger partial charge in [-0.05, 0) is 87.6 Å². The summed E-state index contributed by atoms with van der Waals surface area (Å²) in [5, 5.41) is 14.8. The molecule has 6 N–H and O–H groups in total. The number of nitrogens with zero attached hydrogens (tertiary/aromatic N) is 2. The molecular formula is C34H40ClF2N7OS. The molecule has 2 aromatic heterocycles. The first-order chi connectivity index (χ1) is 22.1. The monoisotopic (exact) mass is 667 g/mol. The Morgan fingerprint density at radius 3 is 2.85 bits per heavy atom. The van der Waals surface area contributed by atoms with Crippen molar-refractivity contribution >= 4 is 40.2 Å². The molecule has 1 aliphatic heterocycles. The number of aromatic nitrogens is 3. The van der Waals surface area contributed by atoms with Crippen LogP contribution in [-0.4, -0.2) is 45.3 Å². The number of benzene rings is 2. The van der Waals surface area contributed by atoms with Crippen molar-refractivity contribution in [3.8, 4) is 16.9 Å². The van der Waals surface area contributed by atoms with E-state index in [2.05, 4.69) is 27.2 Å². The van der Waals surface area contributed by atoms with Crippen LogP contribution in [0.4, 0.5) is 8.78 Å². The van der Waals surface area contributed by atoms with E-state index in [9.17, 15) is 4.79 Å². The van der Waals surface area contributed by atoms with E-state index in [0.29, 0.717) is 46.8 Å². The Morgan fingerprint density at radius 2 is 2.11 bits per heavy atom. The molecule has 46 heavy (non-hydrogen) atoms. The molecule has 0 spiro atoms. The van der Waals surface area contributed by atoms with Crippen LogP contribution in [0.25, 0.3) is 28.0 Å². The fourth-order valence-electron chi connectivity index (χ4n) is 6.10. The second-order valence-corrected chi connectivity index (χ2v) is 13.1. The molecule has 12 heteroatoms. The minimum Gasteiger partial charge on any atom is -0.374 e. The molecule has 1 fully saturated rings. The van der Waals surface area contributed by atoms with Gasteiger partial charge in [-0.25, -0.2) is 13.6 Å². The summed E-state index contributed by atoms with van der Waals surface area (Å²) in [6.45, 7) is 6.11. The highest BCUT2D eigenvalue weighted by molar-refractivity contribution is 7.98. The van der Waals surface area contributed by atoms with Gasteiger partial charge in [0.25, 0.3) is 0 Å². The molecule has 8 nitrogen and oxygen atoms in total. The summed E-state index contributed by atoms with van der Waals surface area (Å²) in [4.78, 5) is 21.2. The van der Waals surface area contributed by atoms with Gasteiger partial charge in [0.15, 0.2) is 5.82 Å². The zero-order chi connectivity index (χ0) is 33.0. The predicted molar refractivity (Wildman–Crippen MR) is 184 cm³/mol. The molecule has 1 aliphatic rings. The largest absolute Gasteiger partial charge is 0.374 e. The molecule has 4 aromatic rings. The second-order valence-electron chi connectivity index (χ2n) is 11.8. The van der Waals surface area contributed by atoms with Gasteiger partial charge in [0.1, 0.15) is 11.5 Å². The summed E-state index contributed by atoms with van der Waals surface area (Å²) in [5.74, 6) is -0.533. The van der Waals surface area contributed by atoms with E-state index >= 15 is 8.78 Å². The highest BCUT2D eigenvalue weighted by atomic mass is 35.5. The summed E-state index contributed by atoms with van der Waals surface area (Å²) in [5.41, 5.74) is 8.17. The number of aromatic amines is 1. The molecule has 0 unspecified atom stereocenters. The number of amidine groups is 1. The number of nitrogens with two attached hydrogens (primary N) is 1. The lowest BCUT2D eigenvalue weighted by molar-refractivity contribution is 0.304. The van der Waals surface area contributed by atoms with Gasteiger partial charge in [0.2, 0.25) is 0 Å². The third kappa shape index (κ3) is 7.71. The second kappa shape index (κ2) is 14.9. The number of nitrogens with one attached hydrogen (secondary N) is 4. The first-order valence-electron chi connectivity index (χ1n) is 15.5. The maximum absolute atomic E-state index is 15.9. The highest BCUT2D eigenvalue weighted by Gasteiger charge is 2.27. The van der Waals surface area contributed by atoms with Crippen LogP contribution in [0.3, 0.4) is 0 Å². The molecule has 0 radical (unpaired) electrons. The topological polar surface area (TPSA) is 125 Å². The third-order valence-corrected chi connectivity index (χ3v) is 9.53. The van der Waals surface area contributed by atoms with Gasteiger partial charge in [-0.15, -0.1) is 18.3 Å². The van der Waals surface area contributed by atoms with Crippen LogP contribution >= 0.6 is 23.4 Å². The molecular weight excluding hydrogens is 628 g/mol. The van der Waals surface area contributed by atoms with Gasteiger partial charge in [0.05, 0.1) is 22.2 Å². The fraction of sp³-hybridized carbons (Fsp3) is 0.382. The number of H-pyrrole nitrogens is 1. The summed E-state index contributed by atoms with van der Waals surface area (Å²) < 4.78 is 32.4. The summed E-state index contributed by atoms with van der Waals surface area (Å²) >= 11 is 7.70. The molecule has 0 bridgehead atoms. The number of hydrogen-bond donors (Lipinski definition) is 5. The van der Waals surface area contributed by atoms with Crippen molar-refractivity contribution in [1.82, 2.24) is 25.2 Å². The number of aryl methyl sites for hydroxylation is 1. The van der Waals surface area contributed by atoms with Crippen LogP contribution in [0, 0.1) is 17.0 Å². The molecule has 3 atom stereocenters. The van der Waals surface area contributed by atoms with E-state index in [1.807, 2.05) is 12.3 Å². The lowest BCUT2D eigenvalue weighted by Gasteiger charge is -2.33. The zero-order valence-corrected chi connectivity index (χ0v) is 27.6. The summed E-state index contributed by atoms with van der Waals surface area (Å²) in [7, 11) is 0. The highest BCUT2D eigenvalue weighted by Crippen LogP contribution is 2.36. The quantitative estimate of drug-likeness (QED) is 0.0478. The van der Waals surface area contributed by atoms with Crippen LogP contribution in [0.15, 0.2) is 58.9 Å². The molecule has 0 amide bonds. The number of rotatable bonds is 12.